The molecule has 0 amide bonds. The molecule has 0 saturated heterocycles. The third-order valence-corrected chi connectivity index (χ3v) is 2.78. The normalized spacial score (nSPS) is 11.3. The van der Waals surface area contributed by atoms with Crippen molar-refractivity contribution in [3.05, 3.63) is 0 Å². The molecule has 0 radical (unpaired) electrons. The monoisotopic (exact) mass is 225 g/mol. The quantitative estimate of drug-likeness (QED) is 0.569. The zero-order chi connectivity index (χ0) is 11.0. The van der Waals surface area contributed by atoms with E-state index in [1.54, 1.807) is 0 Å². The zero-order valence-corrected chi connectivity index (χ0v) is 9.09. The fourth-order valence-corrected chi connectivity index (χ4v) is 1.62. The van der Waals surface area contributed by atoms with Crippen molar-refractivity contribution in [1.82, 2.24) is 4.72 Å². The summed E-state index contributed by atoms with van der Waals surface area (Å²) in [5.74, 6) is -0.551. The predicted octanol–water partition coefficient (Wildman–Crippen LogP) is -0.885. The minimum atomic E-state index is -3.33. The molecule has 0 saturated carbocycles. The van der Waals surface area contributed by atoms with Crippen LogP contribution in [0, 0.1) is 0 Å². The smallest absolute Gasteiger partial charge is 0.306 e. The van der Waals surface area contributed by atoms with Crippen molar-refractivity contribution in [3.63, 3.8) is 0 Å². The highest BCUT2D eigenvalue weighted by Crippen LogP contribution is 1.87. The van der Waals surface area contributed by atoms with Crippen LogP contribution >= 0.6 is 0 Å². The standard InChI is InChI=1S/C7H15NO5S/c1-12-5-6-14(10,11)8-4-3-7(9)13-2/h8H,3-6H2,1-2H3. The van der Waals surface area contributed by atoms with Gasteiger partial charge >= 0.3 is 5.97 Å². The molecule has 1 N–H and O–H groups in total. The maximum atomic E-state index is 11.1. The van der Waals surface area contributed by atoms with Crippen molar-refractivity contribution in [1.29, 1.82) is 0 Å². The molecule has 0 aliphatic carbocycles. The lowest BCUT2D eigenvalue weighted by molar-refractivity contribution is -0.140. The maximum absolute atomic E-state index is 11.1. The molecule has 0 aromatic heterocycles. The minimum absolute atomic E-state index is 0.0305. The van der Waals surface area contributed by atoms with Gasteiger partial charge in [0.2, 0.25) is 10.0 Å². The molecular weight excluding hydrogens is 210 g/mol. The van der Waals surface area contributed by atoms with Gasteiger partial charge in [0.1, 0.15) is 0 Å². The Labute approximate surface area is 83.6 Å². The van der Waals surface area contributed by atoms with Crippen molar-refractivity contribution in [2.24, 2.45) is 0 Å². The highest BCUT2D eigenvalue weighted by molar-refractivity contribution is 7.89. The Morgan fingerprint density at radius 1 is 1.36 bits per heavy atom. The Balaban J connectivity index is 3.71. The summed E-state index contributed by atoms with van der Waals surface area (Å²) in [6, 6.07) is 0. The molecule has 0 bridgehead atoms. The summed E-state index contributed by atoms with van der Waals surface area (Å²) in [5, 5.41) is 0. The van der Waals surface area contributed by atoms with Crippen LogP contribution in [0.25, 0.3) is 0 Å². The molecule has 0 fully saturated rings. The highest BCUT2D eigenvalue weighted by Gasteiger charge is 2.09. The fraction of sp³-hybridized carbons (Fsp3) is 0.857. The number of carbonyl (C=O) groups is 1. The van der Waals surface area contributed by atoms with E-state index in [9.17, 15) is 13.2 Å². The Hall–Kier alpha value is -0.660. The average Bonchev–Trinajstić information content (AvgIpc) is 2.14. The van der Waals surface area contributed by atoms with Gasteiger partial charge in [0.15, 0.2) is 0 Å². The maximum Gasteiger partial charge on any atom is 0.306 e. The largest absolute Gasteiger partial charge is 0.469 e. The average molecular weight is 225 g/mol. The van der Waals surface area contributed by atoms with E-state index in [1.165, 1.54) is 14.2 Å². The first kappa shape index (κ1) is 13.3. The van der Waals surface area contributed by atoms with E-state index in [0.29, 0.717) is 0 Å². The van der Waals surface area contributed by atoms with Gasteiger partial charge in [-0.3, -0.25) is 4.79 Å². The zero-order valence-electron chi connectivity index (χ0n) is 8.28. The molecule has 0 unspecified atom stereocenters. The van der Waals surface area contributed by atoms with Gasteiger partial charge < -0.3 is 9.47 Å². The van der Waals surface area contributed by atoms with Crippen molar-refractivity contribution >= 4 is 16.0 Å². The number of hydrogen-bond donors (Lipinski definition) is 1. The summed E-state index contributed by atoms with van der Waals surface area (Å²) in [6.45, 7) is 0.187. The van der Waals surface area contributed by atoms with Crippen LogP contribution in [-0.2, 0) is 24.3 Å². The number of esters is 1. The number of methoxy groups -OCH3 is 2. The number of hydrogen-bond acceptors (Lipinski definition) is 5. The first-order valence-electron chi connectivity index (χ1n) is 4.05. The predicted molar refractivity (Wildman–Crippen MR) is 50.3 cm³/mol. The van der Waals surface area contributed by atoms with Crippen LogP contribution in [0.3, 0.4) is 0 Å². The number of ether oxygens (including phenoxy) is 2. The SMILES string of the molecule is COCCS(=O)(=O)NCCC(=O)OC. The highest BCUT2D eigenvalue weighted by atomic mass is 32.2. The first-order valence-corrected chi connectivity index (χ1v) is 5.70. The van der Waals surface area contributed by atoms with E-state index in [2.05, 4.69) is 14.2 Å². The molecule has 0 atom stereocenters. The molecule has 84 valence electrons. The van der Waals surface area contributed by atoms with Crippen LogP contribution in [-0.4, -0.2) is 47.5 Å². The van der Waals surface area contributed by atoms with Crippen LogP contribution in [0.5, 0.6) is 0 Å². The van der Waals surface area contributed by atoms with Crippen molar-refractivity contribution in [2.75, 3.05) is 33.1 Å². The summed E-state index contributed by atoms with van der Waals surface area (Å²) >= 11 is 0. The van der Waals surface area contributed by atoms with Gasteiger partial charge in [0, 0.05) is 13.7 Å². The minimum Gasteiger partial charge on any atom is -0.469 e. The third kappa shape index (κ3) is 6.81. The van der Waals surface area contributed by atoms with E-state index in [1.807, 2.05) is 0 Å². The second kappa shape index (κ2) is 6.74. The third-order valence-electron chi connectivity index (χ3n) is 1.43. The topological polar surface area (TPSA) is 81.7 Å². The molecule has 0 rings (SSSR count). The summed E-state index contributed by atoms with van der Waals surface area (Å²) < 4.78 is 33.4. The molecule has 0 aromatic carbocycles. The van der Waals surface area contributed by atoms with E-state index in [4.69, 9.17) is 0 Å². The fourth-order valence-electron chi connectivity index (χ4n) is 0.676. The molecule has 6 nitrogen and oxygen atoms in total. The second-order valence-corrected chi connectivity index (χ2v) is 4.46. The lowest BCUT2D eigenvalue weighted by Crippen LogP contribution is -2.30. The second-order valence-electron chi connectivity index (χ2n) is 2.53. The lowest BCUT2D eigenvalue weighted by atomic mass is 10.4. The Bertz CT molecular complexity index is 261. The van der Waals surface area contributed by atoms with Crippen molar-refractivity contribution in [2.45, 2.75) is 6.42 Å². The van der Waals surface area contributed by atoms with Gasteiger partial charge in [-0.1, -0.05) is 0 Å². The molecule has 0 aliphatic rings. The van der Waals surface area contributed by atoms with Gasteiger partial charge in [-0.25, -0.2) is 13.1 Å². The first-order chi connectivity index (χ1) is 6.52. The molecule has 0 heterocycles. The van der Waals surface area contributed by atoms with E-state index < -0.39 is 16.0 Å². The number of nitrogens with one attached hydrogen (secondary N) is 1. The molecule has 0 aliphatic heterocycles. The summed E-state index contributed by atoms with van der Waals surface area (Å²) in [6.07, 6.45) is 0.0305. The van der Waals surface area contributed by atoms with Gasteiger partial charge in [0.25, 0.3) is 0 Å². The van der Waals surface area contributed by atoms with E-state index in [0.717, 1.165) is 0 Å². The van der Waals surface area contributed by atoms with Crippen LogP contribution in [0.2, 0.25) is 0 Å². The Morgan fingerprint density at radius 2 is 2.00 bits per heavy atom. The summed E-state index contributed by atoms with van der Waals surface area (Å²) in [5.41, 5.74) is 0. The van der Waals surface area contributed by atoms with Gasteiger partial charge in [0.05, 0.1) is 25.9 Å². The number of rotatable bonds is 7. The van der Waals surface area contributed by atoms with E-state index in [-0.39, 0.29) is 25.3 Å². The molecule has 14 heavy (non-hydrogen) atoms. The van der Waals surface area contributed by atoms with Gasteiger partial charge in [-0.05, 0) is 0 Å². The number of sulfonamides is 1. The summed E-state index contributed by atoms with van der Waals surface area (Å²) in [7, 11) is -0.658. The van der Waals surface area contributed by atoms with Crippen LogP contribution < -0.4 is 4.72 Å². The molecule has 0 spiro atoms. The van der Waals surface area contributed by atoms with E-state index >= 15 is 0 Å². The number of carbonyl (C=O) groups excluding carboxylic acids is 1. The molecular formula is C7H15NO5S. The lowest BCUT2D eigenvalue weighted by Gasteiger charge is -2.04. The summed E-state index contributed by atoms with van der Waals surface area (Å²) in [4.78, 5) is 10.6. The van der Waals surface area contributed by atoms with Crippen molar-refractivity contribution < 1.29 is 22.7 Å². The molecule has 0 aromatic rings. The Kier molecular flexibility index (Phi) is 6.43. The Morgan fingerprint density at radius 3 is 2.50 bits per heavy atom. The van der Waals surface area contributed by atoms with Crippen molar-refractivity contribution in [3.8, 4) is 0 Å². The molecule has 7 heteroatoms. The van der Waals surface area contributed by atoms with Crippen LogP contribution in [0.1, 0.15) is 6.42 Å². The van der Waals surface area contributed by atoms with Crippen LogP contribution in [0.4, 0.5) is 0 Å². The van der Waals surface area contributed by atoms with Gasteiger partial charge in [-0.2, -0.15) is 0 Å². The van der Waals surface area contributed by atoms with Crippen LogP contribution in [0.15, 0.2) is 0 Å². The van der Waals surface area contributed by atoms with Gasteiger partial charge in [-0.15, -0.1) is 0 Å².